The van der Waals surface area contributed by atoms with Crippen molar-refractivity contribution in [3.05, 3.63) is 0 Å². The molecule has 2 N–H and O–H groups in total. The maximum atomic E-state index is 12.6. The molecule has 0 aromatic rings. The predicted octanol–water partition coefficient (Wildman–Crippen LogP) is 2.48. The highest BCUT2D eigenvalue weighted by Crippen LogP contribution is 2.09. The van der Waals surface area contributed by atoms with Crippen molar-refractivity contribution in [3.8, 4) is 0 Å². The number of nitrogens with one attached hydrogen (secondary N) is 2. The van der Waals surface area contributed by atoms with E-state index in [1.54, 1.807) is 11.9 Å². The molecule has 0 heterocycles. The number of amides is 3. The molecule has 0 saturated carbocycles. The van der Waals surface area contributed by atoms with E-state index >= 15 is 0 Å². The molecule has 0 bridgehead atoms. The summed E-state index contributed by atoms with van der Waals surface area (Å²) in [5.41, 5.74) is 0. The van der Waals surface area contributed by atoms with Crippen molar-refractivity contribution < 1.29 is 14.4 Å². The van der Waals surface area contributed by atoms with Gasteiger partial charge in [0.15, 0.2) is 5.12 Å². The minimum Gasteiger partial charge on any atom is -0.357 e. The van der Waals surface area contributed by atoms with E-state index in [1.165, 1.54) is 18.7 Å². The molecular formula is C17H33N3O3S. The summed E-state index contributed by atoms with van der Waals surface area (Å²) in [4.78, 5) is 37.3. The van der Waals surface area contributed by atoms with Gasteiger partial charge in [0.2, 0.25) is 5.91 Å². The maximum absolute atomic E-state index is 12.6. The number of rotatable bonds is 10. The van der Waals surface area contributed by atoms with Gasteiger partial charge in [-0.05, 0) is 24.7 Å². The van der Waals surface area contributed by atoms with Crippen LogP contribution in [0.4, 0.5) is 4.79 Å². The Morgan fingerprint density at radius 2 is 1.67 bits per heavy atom. The van der Waals surface area contributed by atoms with E-state index in [1.807, 2.05) is 13.8 Å². The summed E-state index contributed by atoms with van der Waals surface area (Å²) >= 11 is 1.21. The summed E-state index contributed by atoms with van der Waals surface area (Å²) in [6, 6.07) is -0.779. The highest BCUT2D eigenvalue weighted by molar-refractivity contribution is 8.13. The minimum absolute atomic E-state index is 0.0438. The van der Waals surface area contributed by atoms with Crippen LogP contribution in [-0.2, 0) is 9.59 Å². The Balaban J connectivity index is 4.83. The highest BCUT2D eigenvalue weighted by atomic mass is 32.2. The fraction of sp³-hybridized carbons (Fsp3) is 0.824. The normalized spacial score (nSPS) is 12.2. The van der Waals surface area contributed by atoms with Crippen LogP contribution in [0, 0.1) is 11.8 Å². The first-order valence-electron chi connectivity index (χ1n) is 8.57. The number of hydrogen-bond donors (Lipinski definition) is 2. The zero-order valence-electron chi connectivity index (χ0n) is 15.8. The lowest BCUT2D eigenvalue weighted by Crippen LogP contribution is -2.51. The van der Waals surface area contributed by atoms with E-state index in [2.05, 4.69) is 24.5 Å². The molecule has 0 spiro atoms. The summed E-state index contributed by atoms with van der Waals surface area (Å²) in [6.07, 6.45) is 1.47. The lowest BCUT2D eigenvalue weighted by molar-refractivity contribution is -0.122. The molecule has 0 aliphatic rings. The van der Waals surface area contributed by atoms with Crippen molar-refractivity contribution in [2.75, 3.05) is 25.9 Å². The fourth-order valence-electron chi connectivity index (χ4n) is 2.15. The summed E-state index contributed by atoms with van der Waals surface area (Å²) in [5, 5.41) is 5.49. The summed E-state index contributed by atoms with van der Waals surface area (Å²) < 4.78 is 0. The van der Waals surface area contributed by atoms with Crippen molar-refractivity contribution >= 4 is 28.8 Å². The average Bonchev–Trinajstić information content (AvgIpc) is 2.47. The highest BCUT2D eigenvalue weighted by Gasteiger charge is 2.23. The van der Waals surface area contributed by atoms with Crippen molar-refractivity contribution in [3.63, 3.8) is 0 Å². The number of likely N-dealkylation sites (N-methyl/N-ethyl adjacent to an activating group) is 1. The summed E-state index contributed by atoms with van der Waals surface area (Å²) in [7, 11) is 1.57. The van der Waals surface area contributed by atoms with Gasteiger partial charge in [-0.25, -0.2) is 4.79 Å². The van der Waals surface area contributed by atoms with Gasteiger partial charge in [0.1, 0.15) is 6.04 Å². The van der Waals surface area contributed by atoms with Crippen LogP contribution >= 0.6 is 11.8 Å². The van der Waals surface area contributed by atoms with Crippen LogP contribution in [0.1, 0.15) is 47.5 Å². The molecule has 0 radical (unpaired) electrons. The molecule has 24 heavy (non-hydrogen) atoms. The molecule has 0 aliphatic carbocycles. The molecule has 140 valence electrons. The average molecular weight is 360 g/mol. The zero-order valence-corrected chi connectivity index (χ0v) is 16.7. The van der Waals surface area contributed by atoms with Crippen LogP contribution in [0.2, 0.25) is 0 Å². The Morgan fingerprint density at radius 3 is 2.12 bits per heavy atom. The van der Waals surface area contributed by atoms with Crippen molar-refractivity contribution in [2.24, 2.45) is 11.8 Å². The van der Waals surface area contributed by atoms with Crippen LogP contribution < -0.4 is 10.6 Å². The Hall–Kier alpha value is -1.24. The largest absolute Gasteiger partial charge is 0.357 e. The molecule has 7 heteroatoms. The third-order valence-electron chi connectivity index (χ3n) is 3.50. The molecule has 0 rings (SSSR count). The first-order valence-corrected chi connectivity index (χ1v) is 9.56. The number of carbonyl (C=O) groups is 3. The third-order valence-corrected chi connectivity index (χ3v) is 4.29. The molecule has 0 unspecified atom stereocenters. The first-order chi connectivity index (χ1) is 11.2. The van der Waals surface area contributed by atoms with Gasteiger partial charge in [-0.1, -0.05) is 39.5 Å². The van der Waals surface area contributed by atoms with Gasteiger partial charge in [0.05, 0.1) is 0 Å². The number of urea groups is 1. The number of hydrogen-bond acceptors (Lipinski definition) is 4. The molecule has 3 amide bonds. The van der Waals surface area contributed by atoms with Crippen molar-refractivity contribution in [1.82, 2.24) is 15.5 Å². The van der Waals surface area contributed by atoms with Crippen molar-refractivity contribution in [1.29, 1.82) is 0 Å². The Morgan fingerprint density at radius 1 is 1.04 bits per heavy atom. The summed E-state index contributed by atoms with van der Waals surface area (Å²) in [6.45, 7) is 10.9. The lowest BCUT2D eigenvalue weighted by atomic mass is 10.0. The SMILES string of the molecule is CNC(=O)[C@H](CC(C)C)NC(=O)N(CCSC(C)=O)CCC(C)C. The Bertz CT molecular complexity index is 414. The summed E-state index contributed by atoms with van der Waals surface area (Å²) in [5.74, 6) is 1.16. The maximum Gasteiger partial charge on any atom is 0.318 e. The Labute approximate surface area is 150 Å². The van der Waals surface area contributed by atoms with E-state index in [9.17, 15) is 14.4 Å². The van der Waals surface area contributed by atoms with Crippen LogP contribution in [0.5, 0.6) is 0 Å². The predicted molar refractivity (Wildman–Crippen MR) is 100 cm³/mol. The molecule has 0 aromatic carbocycles. The van der Waals surface area contributed by atoms with E-state index in [-0.39, 0.29) is 17.1 Å². The molecule has 0 fully saturated rings. The molecule has 0 saturated heterocycles. The first kappa shape index (κ1) is 22.8. The van der Waals surface area contributed by atoms with Gasteiger partial charge < -0.3 is 15.5 Å². The van der Waals surface area contributed by atoms with Gasteiger partial charge in [0, 0.05) is 32.8 Å². The quantitative estimate of drug-likeness (QED) is 0.628. The second-order valence-electron chi connectivity index (χ2n) is 6.76. The number of thioether (sulfide) groups is 1. The minimum atomic E-state index is -0.537. The molecule has 0 aromatic heterocycles. The molecule has 0 aliphatic heterocycles. The lowest BCUT2D eigenvalue weighted by Gasteiger charge is -2.27. The molecule has 1 atom stereocenters. The smallest absolute Gasteiger partial charge is 0.318 e. The van der Waals surface area contributed by atoms with Crippen molar-refractivity contribution in [2.45, 2.75) is 53.5 Å². The zero-order chi connectivity index (χ0) is 18.7. The third kappa shape index (κ3) is 10.5. The van der Waals surface area contributed by atoms with Gasteiger partial charge in [0.25, 0.3) is 0 Å². The van der Waals surface area contributed by atoms with Gasteiger partial charge in [-0.2, -0.15) is 0 Å². The topological polar surface area (TPSA) is 78.5 Å². The van der Waals surface area contributed by atoms with Crippen LogP contribution in [0.15, 0.2) is 0 Å². The van der Waals surface area contributed by atoms with Gasteiger partial charge in [-0.3, -0.25) is 9.59 Å². The Kier molecular flexibility index (Phi) is 11.5. The van der Waals surface area contributed by atoms with E-state index in [0.717, 1.165) is 6.42 Å². The number of nitrogens with zero attached hydrogens (tertiary/aromatic N) is 1. The standard InChI is InChI=1S/C17H33N3O3S/c1-12(2)7-8-20(9-10-24-14(5)21)17(23)19-15(11-13(3)4)16(22)18-6/h12-13,15H,7-11H2,1-6H3,(H,18,22)(H,19,23)/t15-/m0/s1. The monoisotopic (exact) mass is 359 g/mol. The van der Waals surface area contributed by atoms with Gasteiger partial charge >= 0.3 is 6.03 Å². The van der Waals surface area contributed by atoms with Crippen LogP contribution in [0.25, 0.3) is 0 Å². The molecule has 6 nitrogen and oxygen atoms in total. The van der Waals surface area contributed by atoms with Gasteiger partial charge in [-0.15, -0.1) is 0 Å². The van der Waals surface area contributed by atoms with Crippen LogP contribution in [-0.4, -0.2) is 53.9 Å². The van der Waals surface area contributed by atoms with Crippen LogP contribution in [0.3, 0.4) is 0 Å². The van der Waals surface area contributed by atoms with E-state index < -0.39 is 6.04 Å². The second kappa shape index (κ2) is 12.2. The fourth-order valence-corrected chi connectivity index (χ4v) is 2.75. The van der Waals surface area contributed by atoms with E-state index in [4.69, 9.17) is 0 Å². The second-order valence-corrected chi connectivity index (χ2v) is 8.03. The molecular weight excluding hydrogens is 326 g/mol. The van der Waals surface area contributed by atoms with E-state index in [0.29, 0.717) is 37.1 Å². The number of carbonyl (C=O) groups excluding carboxylic acids is 3.